The molecule has 1 amide bonds. The van der Waals surface area contributed by atoms with Gasteiger partial charge in [0.1, 0.15) is 11.7 Å². The summed E-state index contributed by atoms with van der Waals surface area (Å²) in [5.74, 6) is -0.837. The largest absolute Gasteiger partial charge is 0.467 e. The van der Waals surface area contributed by atoms with E-state index in [2.05, 4.69) is 4.98 Å². The average Bonchev–Trinajstić information content (AvgIpc) is 2.87. The van der Waals surface area contributed by atoms with Gasteiger partial charge in [-0.05, 0) is 25.0 Å². The van der Waals surface area contributed by atoms with E-state index in [1.807, 2.05) is 4.90 Å². The first-order valence-corrected chi connectivity index (χ1v) is 5.74. The van der Waals surface area contributed by atoms with Gasteiger partial charge in [0.05, 0.1) is 7.11 Å². The number of hydrogen-bond donors (Lipinski definition) is 1. The molecule has 0 bridgehead atoms. The summed E-state index contributed by atoms with van der Waals surface area (Å²) in [6.45, 7) is 0.752. The first-order chi connectivity index (χ1) is 8.63. The summed E-state index contributed by atoms with van der Waals surface area (Å²) in [4.78, 5) is 28.5. The second-order valence-corrected chi connectivity index (χ2v) is 4.14. The van der Waals surface area contributed by atoms with Crippen LogP contribution in [-0.4, -0.2) is 36.6 Å². The zero-order chi connectivity index (χ0) is 13.1. The molecular formula is C12H15N3O3. The van der Waals surface area contributed by atoms with Gasteiger partial charge in [0, 0.05) is 18.4 Å². The lowest BCUT2D eigenvalue weighted by Crippen LogP contribution is -2.37. The highest BCUT2D eigenvalue weighted by Crippen LogP contribution is 2.26. The first-order valence-electron chi connectivity index (χ1n) is 5.74. The molecular weight excluding hydrogens is 234 g/mol. The summed E-state index contributed by atoms with van der Waals surface area (Å²) < 4.78 is 4.78. The number of ether oxygens (including phenoxy) is 1. The molecule has 0 saturated carbocycles. The van der Waals surface area contributed by atoms with Gasteiger partial charge in [0.2, 0.25) is 0 Å². The van der Waals surface area contributed by atoms with Gasteiger partial charge < -0.3 is 15.4 Å². The van der Waals surface area contributed by atoms with Crippen LogP contribution in [0.15, 0.2) is 18.3 Å². The minimum Gasteiger partial charge on any atom is -0.467 e. The number of nitrogens with two attached hydrogens (primary N) is 1. The molecule has 2 N–H and O–H groups in total. The number of carbonyl (C=O) groups excluding carboxylic acids is 2. The monoisotopic (exact) mass is 249 g/mol. The Balaban J connectivity index is 2.27. The number of methoxy groups -OCH3 is 1. The van der Waals surface area contributed by atoms with Crippen molar-refractivity contribution in [1.82, 2.24) is 4.98 Å². The molecule has 1 atom stereocenters. The number of carbonyl (C=O) groups is 2. The quantitative estimate of drug-likeness (QED) is 0.780. The van der Waals surface area contributed by atoms with Gasteiger partial charge >= 0.3 is 5.97 Å². The summed E-state index contributed by atoms with van der Waals surface area (Å²) in [5.41, 5.74) is 6.16. The van der Waals surface area contributed by atoms with Crippen molar-refractivity contribution in [2.75, 3.05) is 18.6 Å². The maximum absolute atomic E-state index is 11.6. The lowest BCUT2D eigenvalue weighted by Gasteiger charge is -2.24. The molecule has 0 radical (unpaired) electrons. The fourth-order valence-corrected chi connectivity index (χ4v) is 2.19. The number of amides is 1. The third-order valence-electron chi connectivity index (χ3n) is 3.05. The number of anilines is 1. The minimum absolute atomic E-state index is 0.197. The van der Waals surface area contributed by atoms with Crippen molar-refractivity contribution in [3.05, 3.63) is 24.0 Å². The predicted molar refractivity (Wildman–Crippen MR) is 65.1 cm³/mol. The Morgan fingerprint density at radius 2 is 2.33 bits per heavy atom. The van der Waals surface area contributed by atoms with Crippen molar-refractivity contribution in [3.63, 3.8) is 0 Å². The van der Waals surface area contributed by atoms with Crippen molar-refractivity contribution < 1.29 is 14.3 Å². The second-order valence-electron chi connectivity index (χ2n) is 4.14. The SMILES string of the molecule is COC(=O)C1CCCN1c1ccnc(C(N)=O)c1. The molecule has 18 heavy (non-hydrogen) atoms. The van der Waals surface area contributed by atoms with Gasteiger partial charge in [-0.3, -0.25) is 9.78 Å². The van der Waals surface area contributed by atoms with E-state index in [0.717, 1.165) is 25.1 Å². The normalized spacial score (nSPS) is 18.7. The molecule has 1 saturated heterocycles. The Kier molecular flexibility index (Phi) is 3.45. The van der Waals surface area contributed by atoms with Crippen LogP contribution in [0.2, 0.25) is 0 Å². The van der Waals surface area contributed by atoms with E-state index in [1.165, 1.54) is 13.3 Å². The van der Waals surface area contributed by atoms with Gasteiger partial charge in [0.25, 0.3) is 5.91 Å². The molecule has 1 unspecified atom stereocenters. The van der Waals surface area contributed by atoms with Gasteiger partial charge in [-0.25, -0.2) is 4.79 Å². The molecule has 2 rings (SSSR count). The Hall–Kier alpha value is -2.11. The number of primary amides is 1. The number of aromatic nitrogens is 1. The molecule has 0 aliphatic carbocycles. The molecule has 1 aliphatic rings. The Labute approximate surface area is 105 Å². The Morgan fingerprint density at radius 1 is 1.56 bits per heavy atom. The number of rotatable bonds is 3. The smallest absolute Gasteiger partial charge is 0.328 e. The van der Waals surface area contributed by atoms with Gasteiger partial charge in [-0.2, -0.15) is 0 Å². The zero-order valence-electron chi connectivity index (χ0n) is 10.1. The van der Waals surface area contributed by atoms with Crippen molar-refractivity contribution in [2.24, 2.45) is 5.73 Å². The van der Waals surface area contributed by atoms with Crippen LogP contribution in [0.25, 0.3) is 0 Å². The molecule has 1 aromatic rings. The summed E-state index contributed by atoms with van der Waals surface area (Å²) in [6.07, 6.45) is 3.18. The topological polar surface area (TPSA) is 85.5 Å². The first kappa shape index (κ1) is 12.3. The highest BCUT2D eigenvalue weighted by molar-refractivity contribution is 5.92. The van der Waals surface area contributed by atoms with Gasteiger partial charge in [-0.15, -0.1) is 0 Å². The summed E-state index contributed by atoms with van der Waals surface area (Å²) in [5, 5.41) is 0. The van der Waals surface area contributed by atoms with Crippen LogP contribution in [0, 0.1) is 0 Å². The molecule has 6 nitrogen and oxygen atoms in total. The fourth-order valence-electron chi connectivity index (χ4n) is 2.19. The standard InChI is InChI=1S/C12H15N3O3/c1-18-12(17)10-3-2-6-15(10)8-4-5-14-9(7-8)11(13)16/h4-5,7,10H,2-3,6H2,1H3,(H2,13,16). The van der Waals surface area contributed by atoms with Crippen LogP contribution in [0.1, 0.15) is 23.3 Å². The minimum atomic E-state index is -0.578. The lowest BCUT2D eigenvalue weighted by atomic mass is 10.2. The van der Waals surface area contributed by atoms with Crippen LogP contribution in [0.3, 0.4) is 0 Å². The van der Waals surface area contributed by atoms with Crippen molar-refractivity contribution in [1.29, 1.82) is 0 Å². The number of hydrogen-bond acceptors (Lipinski definition) is 5. The van der Waals surface area contributed by atoms with E-state index in [-0.39, 0.29) is 17.7 Å². The Bertz CT molecular complexity index is 475. The highest BCUT2D eigenvalue weighted by Gasteiger charge is 2.31. The summed E-state index contributed by atoms with van der Waals surface area (Å²) >= 11 is 0. The second kappa shape index (κ2) is 5.03. The average molecular weight is 249 g/mol. The summed E-state index contributed by atoms with van der Waals surface area (Å²) in [7, 11) is 1.38. The fraction of sp³-hybridized carbons (Fsp3) is 0.417. The predicted octanol–water partition coefficient (Wildman–Crippen LogP) is 0.322. The van der Waals surface area contributed by atoms with Crippen molar-refractivity contribution >= 4 is 17.6 Å². The molecule has 0 aromatic carbocycles. The molecule has 0 spiro atoms. The molecule has 1 aliphatic heterocycles. The number of pyridine rings is 1. The van der Waals surface area contributed by atoms with Crippen molar-refractivity contribution in [3.8, 4) is 0 Å². The third kappa shape index (κ3) is 2.27. The van der Waals surface area contributed by atoms with Crippen LogP contribution < -0.4 is 10.6 Å². The maximum Gasteiger partial charge on any atom is 0.328 e. The van der Waals surface area contributed by atoms with E-state index >= 15 is 0 Å². The molecule has 1 aromatic heterocycles. The van der Waals surface area contributed by atoms with Crippen LogP contribution in [0.5, 0.6) is 0 Å². The number of esters is 1. The van der Waals surface area contributed by atoms with E-state index in [0.29, 0.717) is 0 Å². The van der Waals surface area contributed by atoms with E-state index in [1.54, 1.807) is 12.1 Å². The summed E-state index contributed by atoms with van der Waals surface area (Å²) in [6, 6.07) is 3.07. The zero-order valence-corrected chi connectivity index (χ0v) is 10.1. The third-order valence-corrected chi connectivity index (χ3v) is 3.05. The van der Waals surface area contributed by atoms with Gasteiger partial charge in [0.15, 0.2) is 0 Å². The lowest BCUT2D eigenvalue weighted by molar-refractivity contribution is -0.141. The molecule has 6 heteroatoms. The van der Waals surface area contributed by atoms with Crippen LogP contribution in [0.4, 0.5) is 5.69 Å². The Morgan fingerprint density at radius 3 is 3.00 bits per heavy atom. The molecule has 1 fully saturated rings. The van der Waals surface area contributed by atoms with Crippen LogP contribution in [-0.2, 0) is 9.53 Å². The van der Waals surface area contributed by atoms with Crippen molar-refractivity contribution in [2.45, 2.75) is 18.9 Å². The van der Waals surface area contributed by atoms with E-state index in [9.17, 15) is 9.59 Å². The molecule has 2 heterocycles. The van der Waals surface area contributed by atoms with E-state index in [4.69, 9.17) is 10.5 Å². The maximum atomic E-state index is 11.6. The highest BCUT2D eigenvalue weighted by atomic mass is 16.5. The van der Waals surface area contributed by atoms with Gasteiger partial charge in [-0.1, -0.05) is 0 Å². The number of nitrogens with zero attached hydrogens (tertiary/aromatic N) is 2. The van der Waals surface area contributed by atoms with Crippen LogP contribution >= 0.6 is 0 Å². The molecule has 96 valence electrons. The van der Waals surface area contributed by atoms with E-state index < -0.39 is 5.91 Å².